The Kier molecular flexibility index (Phi) is 7.37. The van der Waals surface area contributed by atoms with Crippen LogP contribution >= 0.6 is 35.1 Å². The van der Waals surface area contributed by atoms with Gasteiger partial charge in [0.25, 0.3) is 0 Å². The lowest BCUT2D eigenvalue weighted by atomic mass is 10.1. The third kappa shape index (κ3) is 5.73. The molecule has 1 amide bonds. The Hall–Kier alpha value is -2.22. The number of halogens is 1. The Morgan fingerprint density at radius 1 is 1.00 bits per heavy atom. The van der Waals surface area contributed by atoms with Crippen molar-refractivity contribution < 1.29 is 4.79 Å². The first-order chi connectivity index (χ1) is 15.1. The fourth-order valence-electron chi connectivity index (χ4n) is 3.42. The zero-order valence-electron chi connectivity index (χ0n) is 17.2. The average Bonchev–Trinajstić information content (AvgIpc) is 2.81. The van der Waals surface area contributed by atoms with E-state index in [0.29, 0.717) is 18.8 Å². The molecular weight excluding hydrogens is 448 g/mol. The predicted molar refractivity (Wildman–Crippen MR) is 128 cm³/mol. The van der Waals surface area contributed by atoms with Crippen molar-refractivity contribution in [2.75, 3.05) is 36.8 Å². The van der Waals surface area contributed by atoms with Gasteiger partial charge in [0, 0.05) is 54.2 Å². The molecule has 0 spiro atoms. The van der Waals surface area contributed by atoms with Crippen molar-refractivity contribution in [1.29, 1.82) is 0 Å². The second kappa shape index (κ2) is 10.4. The highest BCUT2D eigenvalue weighted by Crippen LogP contribution is 2.32. The number of aryl methyl sites for hydroxylation is 1. The molecule has 5 nitrogen and oxygen atoms in total. The summed E-state index contributed by atoms with van der Waals surface area (Å²) in [5.74, 6) is 0.491. The molecule has 1 saturated heterocycles. The minimum atomic E-state index is 0.133. The molecule has 2 aromatic carbocycles. The van der Waals surface area contributed by atoms with E-state index in [1.807, 2.05) is 53.4 Å². The van der Waals surface area contributed by atoms with Crippen LogP contribution in [0.2, 0.25) is 5.02 Å². The Morgan fingerprint density at radius 2 is 1.71 bits per heavy atom. The first-order valence-electron chi connectivity index (χ1n) is 10.1. The van der Waals surface area contributed by atoms with E-state index >= 15 is 0 Å². The van der Waals surface area contributed by atoms with Gasteiger partial charge < -0.3 is 9.80 Å². The van der Waals surface area contributed by atoms with Crippen molar-refractivity contribution >= 4 is 46.7 Å². The number of piperazine rings is 1. The van der Waals surface area contributed by atoms with E-state index in [1.54, 1.807) is 24.2 Å². The average molecular weight is 471 g/mol. The van der Waals surface area contributed by atoms with Gasteiger partial charge in [-0.1, -0.05) is 59.4 Å². The molecule has 0 N–H and O–H groups in total. The van der Waals surface area contributed by atoms with Gasteiger partial charge in [-0.2, -0.15) is 0 Å². The van der Waals surface area contributed by atoms with Gasteiger partial charge in [0.15, 0.2) is 0 Å². The third-order valence-corrected chi connectivity index (χ3v) is 7.40. The number of amides is 1. The summed E-state index contributed by atoms with van der Waals surface area (Å²) in [6.07, 6.45) is 3.36. The second-order valence-electron chi connectivity index (χ2n) is 7.17. The fourth-order valence-corrected chi connectivity index (χ4v) is 5.42. The van der Waals surface area contributed by atoms with Crippen molar-refractivity contribution in [3.63, 3.8) is 0 Å². The summed E-state index contributed by atoms with van der Waals surface area (Å²) in [4.78, 5) is 27.1. The van der Waals surface area contributed by atoms with Crippen LogP contribution in [0.5, 0.6) is 0 Å². The molecule has 0 saturated carbocycles. The SMILES string of the molecule is Cc1ccc(Cl)cc1N1CCN(C(=O)CSc2nccnc2Sc2ccccc2)CC1. The molecule has 0 atom stereocenters. The maximum absolute atomic E-state index is 12.8. The van der Waals surface area contributed by atoms with E-state index in [4.69, 9.17) is 11.6 Å². The number of hydrogen-bond donors (Lipinski definition) is 0. The number of anilines is 1. The summed E-state index contributed by atoms with van der Waals surface area (Å²) in [6.45, 7) is 5.11. The first-order valence-corrected chi connectivity index (χ1v) is 12.2. The largest absolute Gasteiger partial charge is 0.368 e. The number of rotatable bonds is 6. The van der Waals surface area contributed by atoms with E-state index in [-0.39, 0.29) is 5.91 Å². The molecule has 0 bridgehead atoms. The van der Waals surface area contributed by atoms with Crippen molar-refractivity contribution in [2.45, 2.75) is 21.9 Å². The Bertz CT molecular complexity index is 1040. The van der Waals surface area contributed by atoms with Gasteiger partial charge in [-0.05, 0) is 36.8 Å². The molecule has 0 unspecified atom stereocenters. The topological polar surface area (TPSA) is 49.3 Å². The van der Waals surface area contributed by atoms with Gasteiger partial charge in [-0.25, -0.2) is 9.97 Å². The molecule has 1 aliphatic rings. The Morgan fingerprint density at radius 3 is 2.45 bits per heavy atom. The minimum Gasteiger partial charge on any atom is -0.368 e. The fraction of sp³-hybridized carbons (Fsp3) is 0.261. The summed E-state index contributed by atoms with van der Waals surface area (Å²) in [5, 5.41) is 2.36. The van der Waals surface area contributed by atoms with Crippen LogP contribution in [-0.4, -0.2) is 52.7 Å². The number of carbonyl (C=O) groups is 1. The molecule has 1 aromatic heterocycles. The molecule has 1 fully saturated rings. The lowest BCUT2D eigenvalue weighted by Gasteiger charge is -2.36. The van der Waals surface area contributed by atoms with Crippen LogP contribution in [0, 0.1) is 6.92 Å². The van der Waals surface area contributed by atoms with Crippen LogP contribution in [0.4, 0.5) is 5.69 Å². The number of aromatic nitrogens is 2. The maximum Gasteiger partial charge on any atom is 0.233 e. The van der Waals surface area contributed by atoms with Crippen LogP contribution in [0.25, 0.3) is 0 Å². The lowest BCUT2D eigenvalue weighted by Crippen LogP contribution is -2.49. The van der Waals surface area contributed by atoms with Gasteiger partial charge in [0.2, 0.25) is 5.91 Å². The zero-order valence-corrected chi connectivity index (χ0v) is 19.6. The van der Waals surface area contributed by atoms with Crippen LogP contribution < -0.4 is 4.90 Å². The highest BCUT2D eigenvalue weighted by Gasteiger charge is 2.23. The number of nitrogens with zero attached hydrogens (tertiary/aromatic N) is 4. The minimum absolute atomic E-state index is 0.133. The summed E-state index contributed by atoms with van der Waals surface area (Å²) >= 11 is 9.19. The molecule has 31 heavy (non-hydrogen) atoms. The summed E-state index contributed by atoms with van der Waals surface area (Å²) < 4.78 is 0. The lowest BCUT2D eigenvalue weighted by molar-refractivity contribution is -0.128. The molecule has 3 aromatic rings. The van der Waals surface area contributed by atoms with Crippen LogP contribution in [0.3, 0.4) is 0 Å². The monoisotopic (exact) mass is 470 g/mol. The molecule has 1 aliphatic heterocycles. The molecule has 8 heteroatoms. The van der Waals surface area contributed by atoms with E-state index < -0.39 is 0 Å². The number of benzene rings is 2. The smallest absolute Gasteiger partial charge is 0.233 e. The quantitative estimate of drug-likeness (QED) is 0.471. The van der Waals surface area contributed by atoms with Crippen LogP contribution in [-0.2, 0) is 4.79 Å². The van der Waals surface area contributed by atoms with E-state index in [0.717, 1.165) is 38.7 Å². The van der Waals surface area contributed by atoms with E-state index in [2.05, 4.69) is 21.8 Å². The standard InChI is InChI=1S/C23H23ClN4OS2/c1-17-7-8-18(24)15-20(17)27-11-13-28(14-12-27)21(29)16-30-22-23(26-10-9-25-22)31-19-5-3-2-4-6-19/h2-10,15H,11-14,16H2,1H3. The number of hydrogen-bond acceptors (Lipinski definition) is 6. The zero-order chi connectivity index (χ0) is 21.6. The molecular formula is C23H23ClN4OS2. The molecule has 0 aliphatic carbocycles. The van der Waals surface area contributed by atoms with Gasteiger partial charge in [0.1, 0.15) is 10.1 Å². The number of thioether (sulfide) groups is 1. The normalized spacial score (nSPS) is 14.0. The van der Waals surface area contributed by atoms with Crippen molar-refractivity contribution in [2.24, 2.45) is 0 Å². The molecule has 0 radical (unpaired) electrons. The number of carbonyl (C=O) groups excluding carboxylic acids is 1. The van der Waals surface area contributed by atoms with E-state index in [1.165, 1.54) is 17.3 Å². The van der Waals surface area contributed by atoms with Crippen molar-refractivity contribution in [3.8, 4) is 0 Å². The molecule has 160 valence electrons. The van der Waals surface area contributed by atoms with Gasteiger partial charge in [-0.3, -0.25) is 4.79 Å². The molecule has 2 heterocycles. The first kappa shape index (κ1) is 22.0. The summed E-state index contributed by atoms with van der Waals surface area (Å²) in [5.41, 5.74) is 2.35. The third-order valence-electron chi connectivity index (χ3n) is 5.07. The van der Waals surface area contributed by atoms with Gasteiger partial charge in [0.05, 0.1) is 5.75 Å². The highest BCUT2D eigenvalue weighted by molar-refractivity contribution is 8.02. The summed E-state index contributed by atoms with van der Waals surface area (Å²) in [7, 11) is 0. The highest BCUT2D eigenvalue weighted by atomic mass is 35.5. The predicted octanol–water partition coefficient (Wildman–Crippen LogP) is 5.03. The Balaban J connectivity index is 1.33. The van der Waals surface area contributed by atoms with Crippen LogP contribution in [0.1, 0.15) is 5.56 Å². The maximum atomic E-state index is 12.8. The van der Waals surface area contributed by atoms with Crippen molar-refractivity contribution in [3.05, 3.63) is 71.5 Å². The van der Waals surface area contributed by atoms with Crippen LogP contribution in [0.15, 0.2) is 75.9 Å². The Labute approximate surface area is 196 Å². The second-order valence-corrected chi connectivity index (χ2v) is 9.63. The van der Waals surface area contributed by atoms with Gasteiger partial charge in [-0.15, -0.1) is 0 Å². The van der Waals surface area contributed by atoms with E-state index in [9.17, 15) is 4.79 Å². The van der Waals surface area contributed by atoms with Gasteiger partial charge >= 0.3 is 0 Å². The molecule has 4 rings (SSSR count). The van der Waals surface area contributed by atoms with Crippen molar-refractivity contribution in [1.82, 2.24) is 14.9 Å². The summed E-state index contributed by atoms with van der Waals surface area (Å²) in [6, 6.07) is 16.0.